The maximum atomic E-state index is 9.33. The lowest BCUT2D eigenvalue weighted by Gasteiger charge is -2.32. The van der Waals surface area contributed by atoms with Gasteiger partial charge in [-0.15, -0.1) is 0 Å². The highest BCUT2D eigenvalue weighted by Gasteiger charge is 2.30. The molecule has 0 unspecified atom stereocenters. The van der Waals surface area contributed by atoms with Crippen LogP contribution in [0.15, 0.2) is 24.3 Å². The molecule has 0 spiro atoms. The molecule has 1 aromatic rings. The Hall–Kier alpha value is -1.02. The Morgan fingerprint density at radius 1 is 1.31 bits per heavy atom. The molecule has 0 aromatic heterocycles. The number of hydrogen-bond donors (Lipinski definition) is 1. The van der Waals surface area contributed by atoms with Gasteiger partial charge in [-0.2, -0.15) is 0 Å². The van der Waals surface area contributed by atoms with Gasteiger partial charge in [-0.3, -0.25) is 0 Å². The molecule has 1 aliphatic rings. The zero-order valence-corrected chi connectivity index (χ0v) is 7.73. The molecule has 2 nitrogen and oxygen atoms in total. The number of rotatable bonds is 2. The molecular formula is C11H14O2. The molecule has 2 heteroatoms. The molecule has 2 rings (SSSR count). The predicted molar refractivity (Wildman–Crippen MR) is 50.8 cm³/mol. The number of benzene rings is 1. The van der Waals surface area contributed by atoms with Gasteiger partial charge in [0.05, 0.1) is 6.10 Å². The summed E-state index contributed by atoms with van der Waals surface area (Å²) in [5.41, 5.74) is 1.13. The van der Waals surface area contributed by atoms with Crippen molar-refractivity contribution >= 4 is 0 Å². The second-order valence-corrected chi connectivity index (χ2v) is 3.57. The molecule has 0 amide bonds. The summed E-state index contributed by atoms with van der Waals surface area (Å²) in [5, 5.41) is 9.33. The normalized spacial score (nSPS) is 26.6. The van der Waals surface area contributed by atoms with E-state index in [-0.39, 0.29) is 12.2 Å². The molecule has 0 heterocycles. The fourth-order valence-electron chi connectivity index (χ4n) is 1.44. The summed E-state index contributed by atoms with van der Waals surface area (Å²) >= 11 is 0. The first-order valence-corrected chi connectivity index (χ1v) is 4.68. The summed E-state index contributed by atoms with van der Waals surface area (Å²) in [6.45, 7) is 2.01. The van der Waals surface area contributed by atoms with Crippen LogP contribution in [0.5, 0.6) is 5.75 Å². The van der Waals surface area contributed by atoms with Crippen molar-refractivity contribution in [2.24, 2.45) is 0 Å². The van der Waals surface area contributed by atoms with E-state index < -0.39 is 0 Å². The Balaban J connectivity index is 2.05. The molecule has 0 bridgehead atoms. The average Bonchev–Trinajstić information content (AvgIpc) is 2.14. The quantitative estimate of drug-likeness (QED) is 0.749. The Morgan fingerprint density at radius 2 is 2.08 bits per heavy atom. The topological polar surface area (TPSA) is 29.5 Å². The zero-order chi connectivity index (χ0) is 9.26. The van der Waals surface area contributed by atoms with Crippen LogP contribution in [0.3, 0.4) is 0 Å². The highest BCUT2D eigenvalue weighted by Crippen LogP contribution is 2.27. The minimum Gasteiger partial charge on any atom is -0.487 e. The maximum Gasteiger partial charge on any atom is 0.125 e. The number of aliphatic hydroxyl groups excluding tert-OH is 1. The van der Waals surface area contributed by atoms with Crippen LogP contribution < -0.4 is 4.74 Å². The second kappa shape index (κ2) is 3.38. The predicted octanol–water partition coefficient (Wildman–Crippen LogP) is 1.90. The highest BCUT2D eigenvalue weighted by molar-refractivity contribution is 5.32. The van der Waals surface area contributed by atoms with Crippen molar-refractivity contribution in [1.82, 2.24) is 0 Å². The maximum absolute atomic E-state index is 9.33. The lowest BCUT2D eigenvalue weighted by molar-refractivity contribution is -0.0364. The van der Waals surface area contributed by atoms with Crippen molar-refractivity contribution in [3.05, 3.63) is 29.8 Å². The van der Waals surface area contributed by atoms with Gasteiger partial charge in [0.25, 0.3) is 0 Å². The summed E-state index contributed by atoms with van der Waals surface area (Å²) < 4.78 is 5.64. The standard InChI is InChI=1S/C11H14O2/c1-8-4-2-3-5-10(8)13-11-7-6-9(11)12/h2-5,9,11-12H,6-7H2,1H3/t9-,11+/m1/s1. The van der Waals surface area contributed by atoms with E-state index in [4.69, 9.17) is 4.74 Å². The molecule has 0 radical (unpaired) electrons. The van der Waals surface area contributed by atoms with Crippen LogP contribution in [0.4, 0.5) is 0 Å². The van der Waals surface area contributed by atoms with Gasteiger partial charge < -0.3 is 9.84 Å². The van der Waals surface area contributed by atoms with E-state index in [0.717, 1.165) is 24.2 Å². The summed E-state index contributed by atoms with van der Waals surface area (Å²) in [6.07, 6.45) is 1.59. The van der Waals surface area contributed by atoms with E-state index in [1.54, 1.807) is 0 Å². The molecule has 1 fully saturated rings. The van der Waals surface area contributed by atoms with Crippen LogP contribution in [-0.4, -0.2) is 17.3 Å². The molecule has 1 aliphatic carbocycles. The van der Waals surface area contributed by atoms with Crippen molar-refractivity contribution in [2.75, 3.05) is 0 Å². The van der Waals surface area contributed by atoms with E-state index in [9.17, 15) is 5.11 Å². The van der Waals surface area contributed by atoms with Gasteiger partial charge >= 0.3 is 0 Å². The molecule has 2 atom stereocenters. The summed E-state index contributed by atoms with van der Waals surface area (Å²) in [4.78, 5) is 0. The summed E-state index contributed by atoms with van der Waals surface area (Å²) in [6, 6.07) is 7.90. The fourth-order valence-corrected chi connectivity index (χ4v) is 1.44. The third kappa shape index (κ3) is 1.68. The summed E-state index contributed by atoms with van der Waals surface area (Å²) in [5.74, 6) is 0.895. The Morgan fingerprint density at radius 3 is 2.62 bits per heavy atom. The molecule has 1 N–H and O–H groups in total. The lowest BCUT2D eigenvalue weighted by atomic mass is 9.92. The number of hydrogen-bond acceptors (Lipinski definition) is 2. The van der Waals surface area contributed by atoms with Crippen LogP contribution in [0, 0.1) is 6.92 Å². The van der Waals surface area contributed by atoms with Crippen LogP contribution in [-0.2, 0) is 0 Å². The lowest BCUT2D eigenvalue weighted by Crippen LogP contribution is -2.41. The third-order valence-corrected chi connectivity index (χ3v) is 2.55. The minimum atomic E-state index is -0.264. The van der Waals surface area contributed by atoms with E-state index in [2.05, 4.69) is 0 Å². The molecule has 1 aromatic carbocycles. The first kappa shape index (κ1) is 8.57. The summed E-state index contributed by atoms with van der Waals surface area (Å²) in [7, 11) is 0. The Bertz CT molecular complexity index is 296. The van der Waals surface area contributed by atoms with E-state index >= 15 is 0 Å². The van der Waals surface area contributed by atoms with Gasteiger partial charge in [0.2, 0.25) is 0 Å². The number of aryl methyl sites for hydroxylation is 1. The zero-order valence-electron chi connectivity index (χ0n) is 7.73. The van der Waals surface area contributed by atoms with Crippen molar-refractivity contribution in [3.63, 3.8) is 0 Å². The van der Waals surface area contributed by atoms with E-state index in [0.29, 0.717) is 0 Å². The second-order valence-electron chi connectivity index (χ2n) is 3.57. The van der Waals surface area contributed by atoms with Gasteiger partial charge in [0, 0.05) is 0 Å². The first-order valence-electron chi connectivity index (χ1n) is 4.68. The van der Waals surface area contributed by atoms with E-state index in [1.165, 1.54) is 0 Å². The Labute approximate surface area is 78.2 Å². The van der Waals surface area contributed by atoms with Crippen molar-refractivity contribution in [3.8, 4) is 5.75 Å². The Kier molecular flexibility index (Phi) is 2.23. The van der Waals surface area contributed by atoms with Crippen LogP contribution >= 0.6 is 0 Å². The van der Waals surface area contributed by atoms with Crippen LogP contribution in [0.25, 0.3) is 0 Å². The van der Waals surface area contributed by atoms with E-state index in [1.807, 2.05) is 31.2 Å². The molecule has 13 heavy (non-hydrogen) atoms. The number of aliphatic hydroxyl groups is 1. The van der Waals surface area contributed by atoms with Gasteiger partial charge in [0.1, 0.15) is 11.9 Å². The molecule has 0 saturated heterocycles. The number of ether oxygens (including phenoxy) is 1. The first-order chi connectivity index (χ1) is 6.27. The largest absolute Gasteiger partial charge is 0.487 e. The number of para-hydroxylation sites is 1. The van der Waals surface area contributed by atoms with Gasteiger partial charge in [0.15, 0.2) is 0 Å². The minimum absolute atomic E-state index is 0.0149. The SMILES string of the molecule is Cc1ccccc1O[C@H]1CC[C@H]1O. The monoisotopic (exact) mass is 178 g/mol. The average molecular weight is 178 g/mol. The van der Waals surface area contributed by atoms with Gasteiger partial charge in [-0.25, -0.2) is 0 Å². The van der Waals surface area contributed by atoms with Gasteiger partial charge in [-0.05, 0) is 31.4 Å². The van der Waals surface area contributed by atoms with Gasteiger partial charge in [-0.1, -0.05) is 18.2 Å². The smallest absolute Gasteiger partial charge is 0.125 e. The van der Waals surface area contributed by atoms with Crippen molar-refractivity contribution in [1.29, 1.82) is 0 Å². The van der Waals surface area contributed by atoms with Crippen molar-refractivity contribution < 1.29 is 9.84 Å². The van der Waals surface area contributed by atoms with Crippen LogP contribution in [0.1, 0.15) is 18.4 Å². The third-order valence-electron chi connectivity index (χ3n) is 2.55. The fraction of sp³-hybridized carbons (Fsp3) is 0.455. The molecule has 70 valence electrons. The molecule has 0 aliphatic heterocycles. The highest BCUT2D eigenvalue weighted by atomic mass is 16.5. The van der Waals surface area contributed by atoms with Crippen molar-refractivity contribution in [2.45, 2.75) is 32.0 Å². The molecular weight excluding hydrogens is 164 g/mol. The van der Waals surface area contributed by atoms with Crippen LogP contribution in [0.2, 0.25) is 0 Å². The molecule has 1 saturated carbocycles.